The smallest absolute Gasteiger partial charge is 0.312 e. The van der Waals surface area contributed by atoms with E-state index in [1.807, 2.05) is 191 Å². The van der Waals surface area contributed by atoms with Gasteiger partial charge in [-0.15, -0.1) is 6.42 Å². The molecule has 0 amide bonds. The Labute approximate surface area is 467 Å². The Hall–Kier alpha value is -8.38. The molecular weight excluding hydrogens is 1010 g/mol. The first-order chi connectivity index (χ1) is 38.8. The Kier molecular flexibility index (Phi) is 17.7. The van der Waals surface area contributed by atoms with Gasteiger partial charge in [0.05, 0.1) is 20.5 Å². The number of hydrogen-bond donors (Lipinski definition) is 1. The number of halogens is 1. The van der Waals surface area contributed by atoms with E-state index in [2.05, 4.69) is 21.2 Å². The van der Waals surface area contributed by atoms with Crippen LogP contribution in [-0.4, -0.2) is 69.6 Å². The van der Waals surface area contributed by atoms with Crippen LogP contribution in [0.3, 0.4) is 0 Å². The van der Waals surface area contributed by atoms with E-state index in [1.165, 1.54) is 6.33 Å². The predicted octanol–water partition coefficient (Wildman–Crippen LogP) is 13.1. The number of methoxy groups -OCH3 is 2. The molecule has 80 heavy (non-hydrogen) atoms. The molecule has 0 bridgehead atoms. The Balaban J connectivity index is 1.07. The molecule has 8 aromatic rings. The molecule has 0 aliphatic carbocycles. The van der Waals surface area contributed by atoms with Crippen LogP contribution in [-0.2, 0) is 39.7 Å². The van der Waals surface area contributed by atoms with E-state index in [4.69, 9.17) is 39.8 Å². The van der Waals surface area contributed by atoms with Crippen molar-refractivity contribution in [2.75, 3.05) is 26.1 Å². The number of unbranched alkanes of at least 4 members (excludes halogenated alkanes) is 5. The number of anilines is 1. The van der Waals surface area contributed by atoms with Crippen LogP contribution in [0.15, 0.2) is 176 Å². The van der Waals surface area contributed by atoms with E-state index in [-0.39, 0.29) is 42.4 Å². The first kappa shape index (κ1) is 56.3. The van der Waals surface area contributed by atoms with Gasteiger partial charge in [0.15, 0.2) is 22.6 Å². The fraction of sp³-hybridized carbons (Fsp3) is 0.318. The quantitative estimate of drug-likeness (QED) is 0.0202. The van der Waals surface area contributed by atoms with Crippen molar-refractivity contribution in [1.29, 1.82) is 0 Å². The van der Waals surface area contributed by atoms with Crippen molar-refractivity contribution in [3.05, 3.63) is 216 Å². The van der Waals surface area contributed by atoms with Crippen LogP contribution >= 0.6 is 0 Å². The largest absolute Gasteiger partial charge is 0.497 e. The summed E-state index contributed by atoms with van der Waals surface area (Å²) in [5, 5.41) is 3.68. The van der Waals surface area contributed by atoms with Crippen LogP contribution in [0, 0.1) is 18.4 Å². The standard InChI is InChI=1S/C66H68FN5O8/c1-7-64(45-77-57(73)34-24-10-8-9-11-25-35-58(74)80-63(2,3)4)55(78-66(50-30-20-14-21-31-50,51-32-22-15-23-33-51)52-38-42-54(76-6)43-39-52)44-56(79-64)72-46-68-59-60(69-62(67)70-61(59)72)71-65(47-26-16-12-17-27-47,48-28-18-13-19-29-48)49-36-40-53(75-5)41-37-49/h1,12-23,26-33,36-43,46,55-56H,8-11,24-25,34-35,44-45H2,2-6H3,(H,69,70,71)/t55-,56+,64+/m0/s1. The van der Waals surface area contributed by atoms with Gasteiger partial charge >= 0.3 is 18.0 Å². The number of benzene rings is 6. The van der Waals surface area contributed by atoms with Crippen molar-refractivity contribution in [2.24, 2.45) is 0 Å². The molecule has 1 fully saturated rings. The van der Waals surface area contributed by atoms with E-state index < -0.39 is 46.7 Å². The summed E-state index contributed by atoms with van der Waals surface area (Å²) in [7, 11) is 3.23. The minimum absolute atomic E-state index is 0.0803. The molecule has 1 aliphatic rings. The monoisotopic (exact) mass is 1080 g/mol. The molecule has 6 aromatic carbocycles. The number of carbonyl (C=O) groups excluding carboxylic acids is 2. The summed E-state index contributed by atoms with van der Waals surface area (Å²) >= 11 is 0. The highest BCUT2D eigenvalue weighted by Gasteiger charge is 2.55. The lowest BCUT2D eigenvalue weighted by Crippen LogP contribution is -2.49. The van der Waals surface area contributed by atoms with Crippen LogP contribution in [0.5, 0.6) is 11.5 Å². The molecule has 0 radical (unpaired) electrons. The number of nitrogens with one attached hydrogen (secondary N) is 1. The van der Waals surface area contributed by atoms with Gasteiger partial charge in [0, 0.05) is 19.3 Å². The number of hydrogen-bond acceptors (Lipinski definition) is 12. The van der Waals surface area contributed by atoms with Gasteiger partial charge in [-0.3, -0.25) is 14.2 Å². The van der Waals surface area contributed by atoms with Crippen molar-refractivity contribution >= 4 is 28.9 Å². The number of esters is 2. The average Bonchev–Trinajstić information content (AvgIpc) is 4.25. The van der Waals surface area contributed by atoms with Crippen LogP contribution in [0.25, 0.3) is 11.2 Å². The third kappa shape index (κ3) is 12.4. The summed E-state index contributed by atoms with van der Waals surface area (Å²) < 4.78 is 55.6. The number of terminal acetylenes is 1. The zero-order chi connectivity index (χ0) is 56.2. The summed E-state index contributed by atoms with van der Waals surface area (Å²) in [5.74, 6) is 3.71. The third-order valence-corrected chi connectivity index (χ3v) is 14.5. The molecule has 14 heteroatoms. The fourth-order valence-electron chi connectivity index (χ4n) is 10.6. The van der Waals surface area contributed by atoms with Gasteiger partial charge in [0.2, 0.25) is 0 Å². The lowest BCUT2D eigenvalue weighted by Gasteiger charge is -2.41. The molecular formula is C66H68FN5O8. The predicted molar refractivity (Wildman–Crippen MR) is 305 cm³/mol. The van der Waals surface area contributed by atoms with Crippen molar-refractivity contribution in [3.8, 4) is 23.8 Å². The van der Waals surface area contributed by atoms with Crippen molar-refractivity contribution in [2.45, 2.75) is 113 Å². The van der Waals surface area contributed by atoms with Gasteiger partial charge in [0.25, 0.3) is 0 Å². The minimum Gasteiger partial charge on any atom is -0.497 e. The Morgan fingerprint density at radius 3 is 1.62 bits per heavy atom. The second kappa shape index (κ2) is 25.2. The Morgan fingerprint density at radius 2 is 1.12 bits per heavy atom. The van der Waals surface area contributed by atoms with Crippen molar-refractivity contribution < 1.29 is 42.4 Å². The Morgan fingerprint density at radius 1 is 0.662 bits per heavy atom. The molecule has 1 N–H and O–H groups in total. The van der Waals surface area contributed by atoms with Crippen molar-refractivity contribution in [1.82, 2.24) is 19.5 Å². The van der Waals surface area contributed by atoms with Gasteiger partial charge in [-0.05, 0) is 91.3 Å². The lowest BCUT2D eigenvalue weighted by atomic mass is 9.77. The molecule has 412 valence electrons. The zero-order valence-electron chi connectivity index (χ0n) is 46.0. The number of rotatable bonds is 24. The van der Waals surface area contributed by atoms with E-state index in [0.29, 0.717) is 24.3 Å². The maximum absolute atomic E-state index is 16.4. The minimum atomic E-state index is -1.71. The molecule has 0 spiro atoms. The van der Waals surface area contributed by atoms with Crippen molar-refractivity contribution in [3.63, 3.8) is 0 Å². The number of nitrogens with zero attached hydrogens (tertiary/aromatic N) is 4. The molecule has 0 saturated carbocycles. The summed E-state index contributed by atoms with van der Waals surface area (Å²) in [5.41, 5.74) is 0.573. The SMILES string of the molecule is C#C[C@]1(COC(=O)CCCCCCCCC(=O)OC(C)(C)C)O[C@@H](n2cnc3c(NC(c4ccccc4)(c4ccccc4)c4ccc(OC)cc4)nc(F)nc32)C[C@@H]1OC(c1ccccc1)(c1ccccc1)c1ccc(OC)cc1. The molecule has 3 atom stereocenters. The normalized spacial score (nSPS) is 16.4. The second-order valence-electron chi connectivity index (χ2n) is 21.0. The van der Waals surface area contributed by atoms with Gasteiger partial charge in [-0.25, -0.2) is 4.98 Å². The van der Waals surface area contributed by atoms with Gasteiger partial charge in [-0.2, -0.15) is 14.4 Å². The van der Waals surface area contributed by atoms with E-state index in [9.17, 15) is 9.59 Å². The summed E-state index contributed by atoms with van der Waals surface area (Å²) in [6.45, 7) is 5.23. The molecule has 1 aliphatic heterocycles. The average molecular weight is 1080 g/mol. The molecule has 9 rings (SSSR count). The summed E-state index contributed by atoms with van der Waals surface area (Å²) in [6.07, 6.45) is 10.6. The molecule has 0 unspecified atom stereocenters. The molecule has 2 aromatic heterocycles. The highest BCUT2D eigenvalue weighted by Crippen LogP contribution is 2.49. The first-order valence-electron chi connectivity index (χ1n) is 27.2. The van der Waals surface area contributed by atoms with Gasteiger partial charge in [-0.1, -0.05) is 177 Å². The van der Waals surface area contributed by atoms with Crippen LogP contribution in [0.2, 0.25) is 0 Å². The van der Waals surface area contributed by atoms with Gasteiger partial charge in [0.1, 0.15) is 47.2 Å². The van der Waals surface area contributed by atoms with Gasteiger partial charge < -0.3 is 33.7 Å². The number of ether oxygens (including phenoxy) is 6. The van der Waals surface area contributed by atoms with Crippen LogP contribution in [0.4, 0.5) is 10.2 Å². The number of carbonyl (C=O) groups is 2. The lowest BCUT2D eigenvalue weighted by molar-refractivity contribution is -0.165. The van der Waals surface area contributed by atoms with E-state index >= 15 is 4.39 Å². The maximum Gasteiger partial charge on any atom is 0.312 e. The summed E-state index contributed by atoms with van der Waals surface area (Å²) in [6, 6.07) is 54.7. The summed E-state index contributed by atoms with van der Waals surface area (Å²) in [4.78, 5) is 39.6. The maximum atomic E-state index is 16.4. The second-order valence-corrected chi connectivity index (χ2v) is 21.0. The number of aromatic nitrogens is 4. The highest BCUT2D eigenvalue weighted by atomic mass is 19.1. The Bertz CT molecular complexity index is 3270. The zero-order valence-corrected chi connectivity index (χ0v) is 46.0. The molecule has 13 nitrogen and oxygen atoms in total. The molecule has 3 heterocycles. The number of imidazole rings is 1. The topological polar surface area (TPSA) is 145 Å². The van der Waals surface area contributed by atoms with E-state index in [1.54, 1.807) is 18.8 Å². The van der Waals surface area contributed by atoms with E-state index in [0.717, 1.165) is 65.5 Å². The highest BCUT2D eigenvalue weighted by molar-refractivity contribution is 5.84. The fourth-order valence-corrected chi connectivity index (χ4v) is 10.6. The first-order valence-corrected chi connectivity index (χ1v) is 27.2. The molecule has 1 saturated heterocycles. The van der Waals surface area contributed by atoms with Crippen LogP contribution < -0.4 is 14.8 Å². The number of fused-ring (bicyclic) bond motifs is 1. The van der Waals surface area contributed by atoms with Crippen LogP contribution in [0.1, 0.15) is 118 Å². The third-order valence-electron chi connectivity index (χ3n) is 14.5.